The van der Waals surface area contributed by atoms with Crippen LogP contribution in [0.3, 0.4) is 0 Å². The smallest absolute Gasteiger partial charge is 0.253 e. The Labute approximate surface area is 244 Å². The summed E-state index contributed by atoms with van der Waals surface area (Å²) in [5, 5.41) is 14.7. The summed E-state index contributed by atoms with van der Waals surface area (Å²) in [4.78, 5) is 21.5. The van der Waals surface area contributed by atoms with E-state index in [0.29, 0.717) is 17.9 Å². The van der Waals surface area contributed by atoms with Crippen LogP contribution in [-0.4, -0.2) is 56.3 Å². The van der Waals surface area contributed by atoms with E-state index in [4.69, 9.17) is 11.6 Å². The number of hydrogen-bond donors (Lipinski definition) is 1. The number of pyridine rings is 1. The average Bonchev–Trinajstić information content (AvgIpc) is 3.46. The maximum Gasteiger partial charge on any atom is 0.253 e. The molecule has 1 aliphatic heterocycles. The molecule has 1 atom stereocenters. The van der Waals surface area contributed by atoms with Gasteiger partial charge in [-0.2, -0.15) is 0 Å². The molecular formula is C32H34ClN7O. The standard InChI is InChI=1S/C32H34ClN7O/c1-3-23-10-12-28-25(19-23)20-27(32(41)34-28)30(31-35-36-37-40(31)14-13-24-7-5-4-6-8-24)39-17-15-38(16-18-39)29-21-26(33)11-9-22(29)2/h4-12,19-21,30H,3,13-18H2,1-2H3,(H,34,41)/t30-/m1/s1. The molecule has 1 N–H and O–H groups in total. The van der Waals surface area contributed by atoms with Crippen molar-refractivity contribution in [2.24, 2.45) is 0 Å². The van der Waals surface area contributed by atoms with Gasteiger partial charge in [0.2, 0.25) is 0 Å². The van der Waals surface area contributed by atoms with Crippen LogP contribution in [0.25, 0.3) is 10.9 Å². The van der Waals surface area contributed by atoms with Crippen LogP contribution in [0.2, 0.25) is 5.02 Å². The summed E-state index contributed by atoms with van der Waals surface area (Å²) in [6.45, 7) is 7.96. The van der Waals surface area contributed by atoms with Crippen molar-refractivity contribution in [3.05, 3.63) is 116 Å². The Morgan fingerprint density at radius 2 is 1.76 bits per heavy atom. The van der Waals surface area contributed by atoms with Crippen LogP contribution in [0, 0.1) is 6.92 Å². The van der Waals surface area contributed by atoms with Gasteiger partial charge in [-0.1, -0.05) is 61.0 Å². The van der Waals surface area contributed by atoms with Crippen LogP contribution in [0.4, 0.5) is 5.69 Å². The second-order valence-corrected chi connectivity index (χ2v) is 11.1. The number of aryl methyl sites for hydroxylation is 4. The summed E-state index contributed by atoms with van der Waals surface area (Å²) in [5.41, 5.74) is 6.17. The summed E-state index contributed by atoms with van der Waals surface area (Å²) < 4.78 is 1.86. The number of nitrogens with zero attached hydrogens (tertiary/aromatic N) is 6. The number of aromatic nitrogens is 5. The molecule has 3 heterocycles. The Bertz CT molecular complexity index is 1710. The maximum absolute atomic E-state index is 13.6. The van der Waals surface area contributed by atoms with Crippen molar-refractivity contribution >= 4 is 28.2 Å². The lowest BCUT2D eigenvalue weighted by molar-refractivity contribution is 0.199. The van der Waals surface area contributed by atoms with E-state index in [1.165, 1.54) is 16.7 Å². The van der Waals surface area contributed by atoms with E-state index in [0.717, 1.165) is 60.6 Å². The number of aromatic amines is 1. The number of H-pyrrole nitrogens is 1. The van der Waals surface area contributed by atoms with Crippen molar-refractivity contribution in [1.82, 2.24) is 30.1 Å². The van der Waals surface area contributed by atoms with Crippen LogP contribution >= 0.6 is 11.6 Å². The molecule has 1 aliphatic rings. The van der Waals surface area contributed by atoms with Gasteiger partial charge in [0, 0.05) is 54.5 Å². The average molecular weight is 568 g/mol. The summed E-state index contributed by atoms with van der Waals surface area (Å²) in [5.74, 6) is 0.685. The molecule has 0 spiro atoms. The van der Waals surface area contributed by atoms with Gasteiger partial charge in [-0.15, -0.1) is 5.10 Å². The van der Waals surface area contributed by atoms with Crippen molar-refractivity contribution < 1.29 is 0 Å². The third-order valence-electron chi connectivity index (χ3n) is 8.09. The van der Waals surface area contributed by atoms with Gasteiger partial charge in [-0.3, -0.25) is 9.69 Å². The number of hydrogen-bond acceptors (Lipinski definition) is 6. The quantitative estimate of drug-likeness (QED) is 0.278. The molecular weight excluding hydrogens is 534 g/mol. The molecule has 1 saturated heterocycles. The predicted octanol–water partition coefficient (Wildman–Crippen LogP) is 5.19. The molecule has 41 heavy (non-hydrogen) atoms. The molecule has 0 saturated carbocycles. The molecule has 0 unspecified atom stereocenters. The number of nitrogens with one attached hydrogen (secondary N) is 1. The fraction of sp³-hybridized carbons (Fsp3) is 0.312. The largest absolute Gasteiger partial charge is 0.369 e. The number of fused-ring (bicyclic) bond motifs is 1. The predicted molar refractivity (Wildman–Crippen MR) is 164 cm³/mol. The Morgan fingerprint density at radius 3 is 2.54 bits per heavy atom. The van der Waals surface area contributed by atoms with Crippen molar-refractivity contribution in [1.29, 1.82) is 0 Å². The van der Waals surface area contributed by atoms with Crippen molar-refractivity contribution in [2.75, 3.05) is 31.1 Å². The van der Waals surface area contributed by atoms with Crippen molar-refractivity contribution in [3.63, 3.8) is 0 Å². The summed E-state index contributed by atoms with van der Waals surface area (Å²) in [6, 6.07) is 24.2. The van der Waals surface area contributed by atoms with Gasteiger partial charge in [0.1, 0.15) is 6.04 Å². The summed E-state index contributed by atoms with van der Waals surface area (Å²) >= 11 is 6.34. The summed E-state index contributed by atoms with van der Waals surface area (Å²) in [6.07, 6.45) is 1.72. The molecule has 0 bridgehead atoms. The zero-order valence-electron chi connectivity index (χ0n) is 23.4. The van der Waals surface area contributed by atoms with E-state index in [9.17, 15) is 4.79 Å². The van der Waals surface area contributed by atoms with Crippen LogP contribution in [-0.2, 0) is 19.4 Å². The zero-order chi connectivity index (χ0) is 28.3. The molecule has 1 fully saturated rings. The summed E-state index contributed by atoms with van der Waals surface area (Å²) in [7, 11) is 0. The first-order chi connectivity index (χ1) is 20.0. The first-order valence-corrected chi connectivity index (χ1v) is 14.6. The van der Waals surface area contributed by atoms with Gasteiger partial charge in [-0.25, -0.2) is 4.68 Å². The molecule has 8 nitrogen and oxygen atoms in total. The van der Waals surface area contributed by atoms with Crippen LogP contribution in [0.15, 0.2) is 77.6 Å². The van der Waals surface area contributed by atoms with Crippen LogP contribution < -0.4 is 10.5 Å². The Morgan fingerprint density at radius 1 is 0.951 bits per heavy atom. The van der Waals surface area contributed by atoms with Crippen LogP contribution in [0.1, 0.15) is 41.0 Å². The number of rotatable bonds is 8. The Balaban J connectivity index is 1.36. The second-order valence-electron chi connectivity index (χ2n) is 10.7. The first kappa shape index (κ1) is 27.2. The van der Waals surface area contributed by atoms with E-state index >= 15 is 0 Å². The SMILES string of the molecule is CCc1ccc2[nH]c(=O)c([C@H](c3nnnn3CCc3ccccc3)N3CCN(c4cc(Cl)ccc4C)CC3)cc2c1. The minimum Gasteiger partial charge on any atom is -0.369 e. The van der Waals surface area contributed by atoms with Gasteiger partial charge in [0.05, 0.1) is 0 Å². The van der Waals surface area contributed by atoms with Gasteiger partial charge in [-0.05, 0) is 82.6 Å². The number of piperazine rings is 1. The van der Waals surface area contributed by atoms with E-state index in [-0.39, 0.29) is 11.6 Å². The highest BCUT2D eigenvalue weighted by Gasteiger charge is 2.33. The highest BCUT2D eigenvalue weighted by atomic mass is 35.5. The molecule has 3 aromatic carbocycles. The van der Waals surface area contributed by atoms with E-state index in [1.807, 2.05) is 47.1 Å². The fourth-order valence-corrected chi connectivity index (χ4v) is 5.95. The molecule has 6 rings (SSSR count). The maximum atomic E-state index is 13.6. The van der Waals surface area contributed by atoms with E-state index < -0.39 is 0 Å². The molecule has 0 aliphatic carbocycles. The van der Waals surface area contributed by atoms with E-state index in [2.05, 4.69) is 74.5 Å². The lowest BCUT2D eigenvalue weighted by Gasteiger charge is -2.40. The van der Waals surface area contributed by atoms with E-state index in [1.54, 1.807) is 0 Å². The minimum absolute atomic E-state index is 0.113. The molecule has 210 valence electrons. The van der Waals surface area contributed by atoms with Gasteiger partial charge < -0.3 is 9.88 Å². The Kier molecular flexibility index (Phi) is 7.85. The highest BCUT2D eigenvalue weighted by Crippen LogP contribution is 2.31. The topological polar surface area (TPSA) is 82.9 Å². The lowest BCUT2D eigenvalue weighted by Crippen LogP contribution is -2.49. The molecule has 2 aromatic heterocycles. The molecule has 0 amide bonds. The fourth-order valence-electron chi connectivity index (χ4n) is 5.79. The molecule has 5 aromatic rings. The second kappa shape index (κ2) is 11.8. The molecule has 9 heteroatoms. The van der Waals surface area contributed by atoms with Gasteiger partial charge in [0.25, 0.3) is 5.56 Å². The Hall–Kier alpha value is -4.01. The number of halogens is 1. The van der Waals surface area contributed by atoms with Crippen molar-refractivity contribution in [2.45, 2.75) is 39.3 Å². The minimum atomic E-state index is -0.387. The normalized spacial score (nSPS) is 15.0. The molecule has 0 radical (unpaired) electrons. The monoisotopic (exact) mass is 567 g/mol. The number of tetrazole rings is 1. The number of benzene rings is 3. The first-order valence-electron chi connectivity index (χ1n) is 14.2. The number of anilines is 1. The van der Waals surface area contributed by atoms with Crippen LogP contribution in [0.5, 0.6) is 0 Å². The lowest BCUT2D eigenvalue weighted by atomic mass is 10.0. The van der Waals surface area contributed by atoms with Gasteiger partial charge in [0.15, 0.2) is 5.82 Å². The third kappa shape index (κ3) is 5.76. The van der Waals surface area contributed by atoms with Gasteiger partial charge >= 0.3 is 0 Å². The third-order valence-corrected chi connectivity index (χ3v) is 8.33. The zero-order valence-corrected chi connectivity index (χ0v) is 24.2. The van der Waals surface area contributed by atoms with Crippen molar-refractivity contribution in [3.8, 4) is 0 Å². The highest BCUT2D eigenvalue weighted by molar-refractivity contribution is 6.30.